The van der Waals surface area contributed by atoms with Crippen LogP contribution in [0.15, 0.2) is 59.1 Å². The van der Waals surface area contributed by atoms with Gasteiger partial charge >= 0.3 is 5.97 Å². The molecule has 1 saturated heterocycles. The van der Waals surface area contributed by atoms with E-state index in [0.29, 0.717) is 44.8 Å². The number of carbonyl (C=O) groups is 3. The number of amides is 2. The second-order valence-corrected chi connectivity index (χ2v) is 10.1. The van der Waals surface area contributed by atoms with Crippen LogP contribution in [0.2, 0.25) is 0 Å². The van der Waals surface area contributed by atoms with Crippen LogP contribution in [0, 0.1) is 6.92 Å². The number of nitrogens with zero attached hydrogens (tertiary/aromatic N) is 2. The van der Waals surface area contributed by atoms with Crippen LogP contribution in [0.1, 0.15) is 29.5 Å². The highest BCUT2D eigenvalue weighted by atomic mass is 79.9. The van der Waals surface area contributed by atoms with Gasteiger partial charge in [0.25, 0.3) is 5.91 Å². The highest BCUT2D eigenvalue weighted by Gasteiger charge is 2.22. The Labute approximate surface area is 232 Å². The number of rotatable bonds is 11. The van der Waals surface area contributed by atoms with E-state index in [1.807, 2.05) is 62.5 Å². The number of carboxylic acids is 1. The average Bonchev–Trinajstić information content (AvgIpc) is 2.91. The number of piperazine rings is 1. The largest absolute Gasteiger partial charge is 0.481 e. The number of aliphatic carboxylic acids is 1. The Morgan fingerprint density at radius 2 is 1.74 bits per heavy atom. The van der Waals surface area contributed by atoms with Crippen LogP contribution in [0.4, 0.5) is 5.69 Å². The van der Waals surface area contributed by atoms with Gasteiger partial charge in [0.15, 0.2) is 0 Å². The minimum atomic E-state index is -0.961. The average molecular weight is 584 g/mol. The summed E-state index contributed by atoms with van der Waals surface area (Å²) >= 11 is 3.50. The molecule has 202 valence electrons. The standard InChI is InChI=1S/C29H35BrN4O4/c1-21-6-8-22(9-7-21)4-3-5-25(24-11-10-23(30)20-26(24)31-2)29(38)32-14-15-33-16-18-34(19-17-33)27(35)12-13-28(36)37/h3-11,20,31H,12-19H2,1-2H3,(H,32,38)(H,36,37)/b4-3+,25-5-. The van der Waals surface area contributed by atoms with Gasteiger partial charge in [-0.2, -0.15) is 0 Å². The van der Waals surface area contributed by atoms with Gasteiger partial charge in [0.1, 0.15) is 0 Å². The fourth-order valence-electron chi connectivity index (χ4n) is 4.19. The first-order valence-electron chi connectivity index (χ1n) is 12.7. The molecular weight excluding hydrogens is 548 g/mol. The summed E-state index contributed by atoms with van der Waals surface area (Å²) in [6.45, 7) is 5.67. The van der Waals surface area contributed by atoms with Crippen molar-refractivity contribution in [3.63, 3.8) is 0 Å². The van der Waals surface area contributed by atoms with Gasteiger partial charge in [-0.15, -0.1) is 0 Å². The summed E-state index contributed by atoms with van der Waals surface area (Å²) in [5.41, 5.74) is 4.44. The molecule has 0 saturated carbocycles. The van der Waals surface area contributed by atoms with Crippen molar-refractivity contribution >= 4 is 51.1 Å². The Morgan fingerprint density at radius 3 is 2.39 bits per heavy atom. The number of carbonyl (C=O) groups excluding carboxylic acids is 2. The lowest BCUT2D eigenvalue weighted by Crippen LogP contribution is -2.50. The smallest absolute Gasteiger partial charge is 0.303 e. The number of hydrogen-bond donors (Lipinski definition) is 3. The molecule has 0 radical (unpaired) electrons. The number of benzene rings is 2. The quantitative estimate of drug-likeness (QED) is 0.273. The zero-order chi connectivity index (χ0) is 27.5. The summed E-state index contributed by atoms with van der Waals surface area (Å²) in [5.74, 6) is -1.25. The molecule has 2 aromatic rings. The maximum absolute atomic E-state index is 13.3. The van der Waals surface area contributed by atoms with Gasteiger partial charge in [0.2, 0.25) is 5.91 Å². The maximum atomic E-state index is 13.3. The Morgan fingerprint density at radius 1 is 1.03 bits per heavy atom. The third-order valence-electron chi connectivity index (χ3n) is 6.41. The highest BCUT2D eigenvalue weighted by molar-refractivity contribution is 9.10. The molecule has 0 aliphatic carbocycles. The highest BCUT2D eigenvalue weighted by Crippen LogP contribution is 2.28. The molecule has 1 aliphatic rings. The summed E-state index contributed by atoms with van der Waals surface area (Å²) in [7, 11) is 1.83. The van der Waals surface area contributed by atoms with E-state index in [-0.39, 0.29) is 24.7 Å². The summed E-state index contributed by atoms with van der Waals surface area (Å²) < 4.78 is 0.918. The van der Waals surface area contributed by atoms with Crippen LogP contribution < -0.4 is 10.6 Å². The minimum Gasteiger partial charge on any atom is -0.481 e. The normalized spacial score (nSPS) is 14.5. The van der Waals surface area contributed by atoms with Gasteiger partial charge in [0, 0.05) is 74.0 Å². The Bertz CT molecular complexity index is 1190. The maximum Gasteiger partial charge on any atom is 0.303 e. The van der Waals surface area contributed by atoms with E-state index in [0.717, 1.165) is 21.3 Å². The van der Waals surface area contributed by atoms with E-state index in [4.69, 9.17) is 5.11 Å². The molecule has 3 rings (SSSR count). The Hall–Kier alpha value is -3.43. The summed E-state index contributed by atoms with van der Waals surface area (Å²) in [4.78, 5) is 40.1. The summed E-state index contributed by atoms with van der Waals surface area (Å²) in [6, 6.07) is 14.0. The van der Waals surface area contributed by atoms with Crippen molar-refractivity contribution < 1.29 is 19.5 Å². The topological polar surface area (TPSA) is 102 Å². The van der Waals surface area contributed by atoms with E-state index < -0.39 is 5.97 Å². The second kappa shape index (κ2) is 14.5. The molecule has 2 amide bonds. The number of aryl methyl sites for hydroxylation is 1. The molecule has 38 heavy (non-hydrogen) atoms. The van der Waals surface area contributed by atoms with Crippen LogP contribution in [0.5, 0.6) is 0 Å². The first-order valence-corrected chi connectivity index (χ1v) is 13.5. The lowest BCUT2D eigenvalue weighted by atomic mass is 10.0. The predicted molar refractivity (Wildman–Crippen MR) is 155 cm³/mol. The molecule has 0 bridgehead atoms. The monoisotopic (exact) mass is 582 g/mol. The van der Waals surface area contributed by atoms with Crippen LogP contribution in [0.3, 0.4) is 0 Å². The van der Waals surface area contributed by atoms with Crippen molar-refractivity contribution in [3.05, 3.63) is 75.8 Å². The third-order valence-corrected chi connectivity index (χ3v) is 6.90. The zero-order valence-corrected chi connectivity index (χ0v) is 23.5. The molecule has 0 spiro atoms. The fraction of sp³-hybridized carbons (Fsp3) is 0.345. The van der Waals surface area contributed by atoms with Crippen molar-refractivity contribution in [1.29, 1.82) is 0 Å². The Kier molecular flexibility index (Phi) is 11.1. The van der Waals surface area contributed by atoms with E-state index in [9.17, 15) is 14.4 Å². The first kappa shape index (κ1) is 29.1. The van der Waals surface area contributed by atoms with Gasteiger partial charge in [-0.1, -0.05) is 64.0 Å². The predicted octanol–water partition coefficient (Wildman–Crippen LogP) is 4.02. The number of nitrogens with one attached hydrogen (secondary N) is 2. The van der Waals surface area contributed by atoms with Crippen molar-refractivity contribution in [2.75, 3.05) is 51.6 Å². The molecule has 1 heterocycles. The van der Waals surface area contributed by atoms with Gasteiger partial charge in [-0.25, -0.2) is 0 Å². The summed E-state index contributed by atoms with van der Waals surface area (Å²) in [6.07, 6.45) is 5.59. The number of anilines is 1. The van der Waals surface area contributed by atoms with Crippen LogP contribution in [0.25, 0.3) is 11.6 Å². The van der Waals surface area contributed by atoms with Crippen LogP contribution in [-0.4, -0.2) is 79.0 Å². The van der Waals surface area contributed by atoms with E-state index in [1.54, 1.807) is 4.90 Å². The Balaban J connectivity index is 1.62. The zero-order valence-electron chi connectivity index (χ0n) is 21.9. The molecule has 0 aromatic heterocycles. The van der Waals surface area contributed by atoms with Crippen LogP contribution >= 0.6 is 15.9 Å². The molecule has 1 aliphatic heterocycles. The first-order chi connectivity index (χ1) is 18.3. The molecule has 1 fully saturated rings. The van der Waals surface area contributed by atoms with Gasteiger partial charge in [-0.05, 0) is 30.7 Å². The number of hydrogen-bond acceptors (Lipinski definition) is 5. The van der Waals surface area contributed by atoms with Crippen molar-refractivity contribution in [2.24, 2.45) is 0 Å². The molecule has 3 N–H and O–H groups in total. The van der Waals surface area contributed by atoms with E-state index >= 15 is 0 Å². The lowest BCUT2D eigenvalue weighted by Gasteiger charge is -2.34. The number of halogens is 1. The van der Waals surface area contributed by atoms with Gasteiger partial charge < -0.3 is 20.6 Å². The van der Waals surface area contributed by atoms with Crippen molar-refractivity contribution in [3.8, 4) is 0 Å². The van der Waals surface area contributed by atoms with Crippen LogP contribution in [-0.2, 0) is 14.4 Å². The SMILES string of the molecule is CNc1cc(Br)ccc1/C(=C/C=C/c1ccc(C)cc1)C(=O)NCCN1CCN(C(=O)CCC(=O)O)CC1. The number of carboxylic acid groups (broad SMARTS) is 1. The molecular formula is C29H35BrN4O4. The van der Waals surface area contributed by atoms with Crippen molar-refractivity contribution in [2.45, 2.75) is 19.8 Å². The molecule has 0 atom stereocenters. The molecule has 9 heteroatoms. The van der Waals surface area contributed by atoms with Crippen molar-refractivity contribution in [1.82, 2.24) is 15.1 Å². The van der Waals surface area contributed by atoms with Gasteiger partial charge in [0.05, 0.1) is 6.42 Å². The van der Waals surface area contributed by atoms with Gasteiger partial charge in [-0.3, -0.25) is 19.3 Å². The number of allylic oxidation sites excluding steroid dienone is 2. The molecule has 8 nitrogen and oxygen atoms in total. The van der Waals surface area contributed by atoms with E-state index in [2.05, 4.69) is 43.6 Å². The second-order valence-electron chi connectivity index (χ2n) is 9.16. The molecule has 0 unspecified atom stereocenters. The third kappa shape index (κ3) is 8.85. The summed E-state index contributed by atoms with van der Waals surface area (Å²) in [5, 5.41) is 15.0. The lowest BCUT2D eigenvalue weighted by molar-refractivity contribution is -0.141. The van der Waals surface area contributed by atoms with E-state index in [1.165, 1.54) is 5.56 Å². The fourth-order valence-corrected chi connectivity index (χ4v) is 4.56. The molecule has 2 aromatic carbocycles. The minimum absolute atomic E-state index is 0.0313.